The van der Waals surface area contributed by atoms with Crippen LogP contribution in [-0.4, -0.2) is 46.4 Å². The number of likely N-dealkylation sites (N-methyl/N-ethyl adjacent to an activating group) is 1. The molecule has 0 aromatic rings. The van der Waals surface area contributed by atoms with Crippen LogP contribution in [0.3, 0.4) is 0 Å². The Labute approximate surface area is 118 Å². The molecule has 1 rings (SSSR count). The predicted molar refractivity (Wildman–Crippen MR) is 82.4 cm³/mol. The second-order valence-corrected chi connectivity index (χ2v) is 5.01. The van der Waals surface area contributed by atoms with Crippen LogP contribution in [0, 0.1) is 0 Å². The molecule has 2 nitrogen and oxygen atoms in total. The van der Waals surface area contributed by atoms with Crippen molar-refractivity contribution in [1.82, 2.24) is 9.80 Å². The molecule has 0 N–H and O–H groups in total. The lowest BCUT2D eigenvalue weighted by Gasteiger charge is -2.19. The van der Waals surface area contributed by atoms with Crippen LogP contribution in [0.25, 0.3) is 0 Å². The molecule has 1 heterocycles. The fourth-order valence-corrected chi connectivity index (χ4v) is 2.05. The van der Waals surface area contributed by atoms with Gasteiger partial charge in [-0.3, -0.25) is 0 Å². The summed E-state index contributed by atoms with van der Waals surface area (Å²) in [4.78, 5) is 4.36. The molecule has 0 bridgehead atoms. The number of hydrogen-bond acceptors (Lipinski definition) is 2. The van der Waals surface area contributed by atoms with E-state index in [2.05, 4.69) is 41.3 Å². The van der Waals surface area contributed by atoms with Crippen LogP contribution >= 0.6 is 34.2 Å². The van der Waals surface area contributed by atoms with Crippen molar-refractivity contribution in [1.29, 1.82) is 0 Å². The zero-order chi connectivity index (χ0) is 12.4. The standard InChI is InChI=1S/C6H8ClN.C6H14IN/c1-8-5-3-2-4-6(8)7;1-3-8(4-2)6-5-7/h2-6H,1H3;3-6H2,1-2H3. The molecular weight excluding hydrogens is 335 g/mol. The van der Waals surface area contributed by atoms with Crippen LogP contribution in [-0.2, 0) is 0 Å². The highest BCUT2D eigenvalue weighted by Crippen LogP contribution is 2.07. The Hall–Kier alpha value is 0.260. The molecule has 0 aliphatic carbocycles. The molecule has 1 aliphatic rings. The minimum atomic E-state index is 0.0417. The minimum Gasteiger partial charge on any atom is -0.361 e. The number of nitrogens with zero attached hydrogens (tertiary/aromatic N) is 2. The van der Waals surface area contributed by atoms with E-state index in [1.807, 2.05) is 36.4 Å². The first-order valence-corrected chi connectivity index (χ1v) is 7.61. The van der Waals surface area contributed by atoms with E-state index in [0.717, 1.165) is 0 Å². The normalized spacial score (nSPS) is 18.6. The summed E-state index contributed by atoms with van der Waals surface area (Å²) in [6, 6.07) is 0. The molecule has 0 radical (unpaired) electrons. The molecule has 0 aromatic carbocycles. The van der Waals surface area contributed by atoms with E-state index in [4.69, 9.17) is 11.6 Å². The number of allylic oxidation sites excluding steroid dienone is 2. The number of alkyl halides is 2. The largest absolute Gasteiger partial charge is 0.361 e. The number of rotatable bonds is 4. The Morgan fingerprint density at radius 3 is 2.19 bits per heavy atom. The van der Waals surface area contributed by atoms with Crippen molar-refractivity contribution < 1.29 is 0 Å². The van der Waals surface area contributed by atoms with Crippen molar-refractivity contribution in [3.8, 4) is 0 Å². The van der Waals surface area contributed by atoms with E-state index in [-0.39, 0.29) is 5.50 Å². The highest BCUT2D eigenvalue weighted by Gasteiger charge is 2.03. The summed E-state index contributed by atoms with van der Waals surface area (Å²) in [6.07, 6.45) is 7.77. The van der Waals surface area contributed by atoms with Crippen molar-refractivity contribution in [2.75, 3.05) is 31.1 Å². The van der Waals surface area contributed by atoms with Crippen molar-refractivity contribution >= 4 is 34.2 Å². The van der Waals surface area contributed by atoms with Gasteiger partial charge in [0.2, 0.25) is 0 Å². The molecule has 0 amide bonds. The van der Waals surface area contributed by atoms with Gasteiger partial charge in [0.05, 0.1) is 0 Å². The van der Waals surface area contributed by atoms with Gasteiger partial charge in [0, 0.05) is 24.2 Å². The zero-order valence-electron chi connectivity index (χ0n) is 10.4. The Balaban J connectivity index is 0.000000281. The highest BCUT2D eigenvalue weighted by atomic mass is 127. The zero-order valence-corrected chi connectivity index (χ0v) is 13.3. The third-order valence-electron chi connectivity index (χ3n) is 2.39. The summed E-state index contributed by atoms with van der Waals surface area (Å²) in [6.45, 7) is 8.04. The van der Waals surface area contributed by atoms with Gasteiger partial charge in [0.1, 0.15) is 5.50 Å². The summed E-state index contributed by atoms with van der Waals surface area (Å²) in [5, 5.41) is 0. The molecule has 94 valence electrons. The fourth-order valence-electron chi connectivity index (χ4n) is 1.22. The van der Waals surface area contributed by atoms with E-state index in [1.165, 1.54) is 24.1 Å². The van der Waals surface area contributed by atoms with Gasteiger partial charge in [-0.1, -0.05) is 54.1 Å². The third-order valence-corrected chi connectivity index (χ3v) is 3.32. The Kier molecular flexibility index (Phi) is 10.6. The highest BCUT2D eigenvalue weighted by molar-refractivity contribution is 14.1. The minimum absolute atomic E-state index is 0.0417. The lowest BCUT2D eigenvalue weighted by molar-refractivity contribution is 0.325. The third kappa shape index (κ3) is 7.52. The summed E-state index contributed by atoms with van der Waals surface area (Å²) in [5.41, 5.74) is 0.0417. The molecule has 0 aromatic heterocycles. The molecule has 4 heteroatoms. The van der Waals surface area contributed by atoms with Crippen LogP contribution in [0.2, 0.25) is 0 Å². The van der Waals surface area contributed by atoms with E-state index in [0.29, 0.717) is 0 Å². The van der Waals surface area contributed by atoms with Gasteiger partial charge in [-0.05, 0) is 25.2 Å². The summed E-state index contributed by atoms with van der Waals surface area (Å²) >= 11 is 8.16. The van der Waals surface area contributed by atoms with E-state index < -0.39 is 0 Å². The molecule has 0 fully saturated rings. The van der Waals surface area contributed by atoms with Gasteiger partial charge < -0.3 is 9.80 Å². The lowest BCUT2D eigenvalue weighted by atomic mass is 10.4. The average molecular weight is 357 g/mol. The maximum Gasteiger partial charge on any atom is 0.122 e. The second-order valence-electron chi connectivity index (χ2n) is 3.48. The van der Waals surface area contributed by atoms with Crippen molar-refractivity contribution in [3.05, 3.63) is 24.4 Å². The first-order chi connectivity index (χ1) is 7.65. The first-order valence-electron chi connectivity index (χ1n) is 5.65. The molecule has 1 atom stereocenters. The Bertz CT molecular complexity index is 199. The molecule has 0 saturated carbocycles. The number of hydrogen-bond donors (Lipinski definition) is 0. The van der Waals surface area contributed by atoms with E-state index in [1.54, 1.807) is 0 Å². The quantitative estimate of drug-likeness (QED) is 0.433. The maximum absolute atomic E-state index is 5.75. The van der Waals surface area contributed by atoms with Crippen LogP contribution in [0.1, 0.15) is 13.8 Å². The van der Waals surface area contributed by atoms with Crippen molar-refractivity contribution in [3.63, 3.8) is 0 Å². The van der Waals surface area contributed by atoms with Crippen LogP contribution in [0.4, 0.5) is 0 Å². The van der Waals surface area contributed by atoms with Crippen LogP contribution in [0.15, 0.2) is 24.4 Å². The monoisotopic (exact) mass is 356 g/mol. The Morgan fingerprint density at radius 1 is 1.31 bits per heavy atom. The fraction of sp³-hybridized carbons (Fsp3) is 0.667. The van der Waals surface area contributed by atoms with Gasteiger partial charge in [-0.2, -0.15) is 0 Å². The summed E-state index contributed by atoms with van der Waals surface area (Å²) < 4.78 is 1.25. The molecule has 16 heavy (non-hydrogen) atoms. The van der Waals surface area contributed by atoms with E-state index >= 15 is 0 Å². The first kappa shape index (κ1) is 16.3. The molecule has 1 unspecified atom stereocenters. The van der Waals surface area contributed by atoms with Gasteiger partial charge in [0.25, 0.3) is 0 Å². The van der Waals surface area contributed by atoms with Gasteiger partial charge >= 0.3 is 0 Å². The van der Waals surface area contributed by atoms with Crippen molar-refractivity contribution in [2.24, 2.45) is 0 Å². The predicted octanol–water partition coefficient (Wildman–Crippen LogP) is 3.33. The van der Waals surface area contributed by atoms with Crippen LogP contribution < -0.4 is 0 Å². The average Bonchev–Trinajstić information content (AvgIpc) is 2.31. The SMILES string of the molecule is CCN(CC)CCI.CN1C=CC=CC1Cl. The summed E-state index contributed by atoms with van der Waals surface area (Å²) in [7, 11) is 1.94. The van der Waals surface area contributed by atoms with Crippen LogP contribution in [0.5, 0.6) is 0 Å². The number of halogens is 2. The molecular formula is C12H22ClIN2. The topological polar surface area (TPSA) is 6.48 Å². The van der Waals surface area contributed by atoms with Gasteiger partial charge in [-0.15, -0.1) is 0 Å². The second kappa shape index (κ2) is 10.4. The van der Waals surface area contributed by atoms with Crippen molar-refractivity contribution in [2.45, 2.75) is 19.3 Å². The summed E-state index contributed by atoms with van der Waals surface area (Å²) in [5.74, 6) is 0. The lowest BCUT2D eigenvalue weighted by Crippen LogP contribution is -2.24. The van der Waals surface area contributed by atoms with Gasteiger partial charge in [0.15, 0.2) is 0 Å². The Morgan fingerprint density at radius 2 is 1.94 bits per heavy atom. The van der Waals surface area contributed by atoms with E-state index in [9.17, 15) is 0 Å². The molecule has 0 spiro atoms. The molecule has 1 aliphatic heterocycles. The van der Waals surface area contributed by atoms with Gasteiger partial charge in [-0.25, -0.2) is 0 Å². The smallest absolute Gasteiger partial charge is 0.122 e. The maximum atomic E-state index is 5.75. The molecule has 0 saturated heterocycles.